The average molecular weight is 196 g/mol. The van der Waals surface area contributed by atoms with Gasteiger partial charge >= 0.3 is 0 Å². The van der Waals surface area contributed by atoms with E-state index in [1.165, 1.54) is 0 Å². The molecule has 0 aromatic heterocycles. The van der Waals surface area contributed by atoms with Crippen molar-refractivity contribution in [3.8, 4) is 0 Å². The predicted molar refractivity (Wildman–Crippen MR) is 55.0 cm³/mol. The second-order valence-corrected chi connectivity index (χ2v) is 3.85. The lowest BCUT2D eigenvalue weighted by Gasteiger charge is -2.18. The molecule has 0 saturated carbocycles. The monoisotopic (exact) mass is 196 g/mol. The van der Waals surface area contributed by atoms with E-state index in [9.17, 15) is 4.79 Å². The SMILES string of the molecule is C/C=C1/OCC(C)(C)C(=O)N/C1=N/C. The van der Waals surface area contributed by atoms with Gasteiger partial charge < -0.3 is 10.1 Å². The van der Waals surface area contributed by atoms with E-state index >= 15 is 0 Å². The van der Waals surface area contributed by atoms with Crippen molar-refractivity contribution in [2.45, 2.75) is 20.8 Å². The molecule has 78 valence electrons. The number of amidine groups is 1. The van der Waals surface area contributed by atoms with Crippen LogP contribution in [-0.4, -0.2) is 25.4 Å². The Morgan fingerprint density at radius 2 is 2.21 bits per heavy atom. The van der Waals surface area contributed by atoms with Crippen molar-refractivity contribution in [2.75, 3.05) is 13.7 Å². The topological polar surface area (TPSA) is 50.7 Å². The lowest BCUT2D eigenvalue weighted by atomic mass is 9.94. The largest absolute Gasteiger partial charge is 0.489 e. The molecule has 14 heavy (non-hydrogen) atoms. The Morgan fingerprint density at radius 3 is 2.71 bits per heavy atom. The van der Waals surface area contributed by atoms with Gasteiger partial charge in [-0.2, -0.15) is 0 Å². The number of hydrogen-bond acceptors (Lipinski definition) is 3. The van der Waals surface area contributed by atoms with Crippen LogP contribution in [-0.2, 0) is 9.53 Å². The number of ether oxygens (including phenoxy) is 1. The number of rotatable bonds is 0. The summed E-state index contributed by atoms with van der Waals surface area (Å²) in [5.74, 6) is 1.07. The molecule has 0 aromatic carbocycles. The third-order valence-corrected chi connectivity index (χ3v) is 2.15. The van der Waals surface area contributed by atoms with E-state index in [0.717, 1.165) is 0 Å². The molecule has 0 radical (unpaired) electrons. The average Bonchev–Trinajstić information content (AvgIpc) is 2.25. The lowest BCUT2D eigenvalue weighted by molar-refractivity contribution is -0.129. The van der Waals surface area contributed by atoms with E-state index in [0.29, 0.717) is 18.2 Å². The molecule has 0 atom stereocenters. The number of hydrogen-bond donors (Lipinski definition) is 1. The summed E-state index contributed by atoms with van der Waals surface area (Å²) in [5.41, 5.74) is -0.513. The zero-order valence-corrected chi connectivity index (χ0v) is 9.05. The van der Waals surface area contributed by atoms with E-state index < -0.39 is 5.41 Å². The summed E-state index contributed by atoms with van der Waals surface area (Å²) in [7, 11) is 1.63. The standard InChI is InChI=1S/C10H16N2O2/c1-5-7-8(11-4)12-9(13)10(2,3)6-14-7/h5H,6H2,1-4H3,(H,11,12,13)/b7-5+. The van der Waals surface area contributed by atoms with Gasteiger partial charge in [-0.15, -0.1) is 0 Å². The normalized spacial score (nSPS) is 27.0. The van der Waals surface area contributed by atoms with E-state index in [2.05, 4.69) is 10.3 Å². The zero-order valence-electron chi connectivity index (χ0n) is 9.05. The number of allylic oxidation sites excluding steroid dienone is 1. The first-order chi connectivity index (χ1) is 6.51. The van der Waals surface area contributed by atoms with Gasteiger partial charge in [-0.25, -0.2) is 0 Å². The third-order valence-electron chi connectivity index (χ3n) is 2.15. The molecule has 0 unspecified atom stereocenters. The van der Waals surface area contributed by atoms with Gasteiger partial charge in [0.15, 0.2) is 11.6 Å². The molecule has 0 aromatic rings. The lowest BCUT2D eigenvalue weighted by Crippen LogP contribution is -2.39. The maximum Gasteiger partial charge on any atom is 0.234 e. The van der Waals surface area contributed by atoms with Gasteiger partial charge in [0.05, 0.1) is 5.41 Å². The molecule has 4 nitrogen and oxygen atoms in total. The number of carbonyl (C=O) groups is 1. The van der Waals surface area contributed by atoms with Gasteiger partial charge in [-0.3, -0.25) is 9.79 Å². The van der Waals surface area contributed by atoms with Crippen LogP contribution in [0.3, 0.4) is 0 Å². The van der Waals surface area contributed by atoms with E-state index in [1.54, 1.807) is 13.1 Å². The molecular weight excluding hydrogens is 180 g/mol. The molecule has 0 aliphatic carbocycles. The van der Waals surface area contributed by atoms with Crippen molar-refractivity contribution < 1.29 is 9.53 Å². The summed E-state index contributed by atoms with van der Waals surface area (Å²) in [6.45, 7) is 5.91. The van der Waals surface area contributed by atoms with Gasteiger partial charge in [0.25, 0.3) is 0 Å². The van der Waals surface area contributed by atoms with Gasteiger partial charge in [0.2, 0.25) is 5.91 Å². The molecule has 1 aliphatic heterocycles. The quantitative estimate of drug-likeness (QED) is 0.630. The van der Waals surface area contributed by atoms with Gasteiger partial charge in [0, 0.05) is 7.05 Å². The molecule has 1 heterocycles. The van der Waals surface area contributed by atoms with Crippen LogP contribution >= 0.6 is 0 Å². The first-order valence-corrected chi connectivity index (χ1v) is 4.59. The molecule has 0 spiro atoms. The summed E-state index contributed by atoms with van der Waals surface area (Å²) in [6.07, 6.45) is 1.80. The van der Waals surface area contributed by atoms with Crippen LogP contribution in [0.1, 0.15) is 20.8 Å². The summed E-state index contributed by atoms with van der Waals surface area (Å²) < 4.78 is 5.49. The molecule has 1 rings (SSSR count). The fourth-order valence-corrected chi connectivity index (χ4v) is 1.12. The summed E-state index contributed by atoms with van der Waals surface area (Å²) in [6, 6.07) is 0. The minimum Gasteiger partial charge on any atom is -0.489 e. The second-order valence-electron chi connectivity index (χ2n) is 3.85. The number of nitrogens with one attached hydrogen (secondary N) is 1. The highest BCUT2D eigenvalue weighted by atomic mass is 16.5. The molecule has 4 heteroatoms. The highest BCUT2D eigenvalue weighted by molar-refractivity contribution is 6.08. The van der Waals surface area contributed by atoms with Crippen molar-refractivity contribution in [3.63, 3.8) is 0 Å². The fourth-order valence-electron chi connectivity index (χ4n) is 1.12. The van der Waals surface area contributed by atoms with Crippen molar-refractivity contribution in [1.82, 2.24) is 5.32 Å². The minimum atomic E-state index is -0.513. The second kappa shape index (κ2) is 3.82. The first-order valence-electron chi connectivity index (χ1n) is 4.59. The maximum absolute atomic E-state index is 11.7. The van der Waals surface area contributed by atoms with Gasteiger partial charge in [0.1, 0.15) is 6.61 Å². The summed E-state index contributed by atoms with van der Waals surface area (Å²) >= 11 is 0. The summed E-state index contributed by atoms with van der Waals surface area (Å²) in [5, 5.41) is 2.74. The number of amides is 1. The Hall–Kier alpha value is -1.32. The van der Waals surface area contributed by atoms with Crippen molar-refractivity contribution >= 4 is 11.7 Å². The Bertz CT molecular complexity index is 303. The summed E-state index contributed by atoms with van der Waals surface area (Å²) in [4.78, 5) is 15.6. The highest BCUT2D eigenvalue weighted by Gasteiger charge is 2.33. The third kappa shape index (κ3) is 1.95. The van der Waals surface area contributed by atoms with E-state index in [-0.39, 0.29) is 5.91 Å². The molecule has 1 N–H and O–H groups in total. The predicted octanol–water partition coefficient (Wildman–Crippen LogP) is 1.09. The molecule has 1 amide bonds. The smallest absolute Gasteiger partial charge is 0.234 e. The van der Waals surface area contributed by atoms with Crippen LogP contribution in [0.4, 0.5) is 0 Å². The Balaban J connectivity index is 3.00. The number of nitrogens with zero attached hydrogens (tertiary/aromatic N) is 1. The number of aliphatic imine (C=N–C) groups is 1. The molecule has 1 saturated heterocycles. The van der Waals surface area contributed by atoms with Gasteiger partial charge in [-0.05, 0) is 26.8 Å². The van der Waals surface area contributed by atoms with Crippen LogP contribution in [0.5, 0.6) is 0 Å². The van der Waals surface area contributed by atoms with Crippen LogP contribution in [0, 0.1) is 5.41 Å². The minimum absolute atomic E-state index is 0.0602. The first kappa shape index (κ1) is 10.8. The Kier molecular flexibility index (Phi) is 2.93. The van der Waals surface area contributed by atoms with Crippen LogP contribution < -0.4 is 5.32 Å². The van der Waals surface area contributed by atoms with Gasteiger partial charge in [-0.1, -0.05) is 0 Å². The Morgan fingerprint density at radius 1 is 1.57 bits per heavy atom. The Labute approximate surface area is 84.0 Å². The molecule has 1 aliphatic rings. The van der Waals surface area contributed by atoms with E-state index in [4.69, 9.17) is 4.74 Å². The molecule has 0 bridgehead atoms. The molecular formula is C10H16N2O2. The maximum atomic E-state index is 11.7. The van der Waals surface area contributed by atoms with Crippen molar-refractivity contribution in [2.24, 2.45) is 10.4 Å². The zero-order chi connectivity index (χ0) is 10.8. The highest BCUT2D eigenvalue weighted by Crippen LogP contribution is 2.21. The fraction of sp³-hybridized carbons (Fsp3) is 0.600. The molecule has 1 fully saturated rings. The van der Waals surface area contributed by atoms with Crippen molar-refractivity contribution in [3.05, 3.63) is 11.8 Å². The number of carbonyl (C=O) groups excluding carboxylic acids is 1. The van der Waals surface area contributed by atoms with Crippen molar-refractivity contribution in [1.29, 1.82) is 0 Å². The van der Waals surface area contributed by atoms with E-state index in [1.807, 2.05) is 20.8 Å². The van der Waals surface area contributed by atoms with Crippen LogP contribution in [0.15, 0.2) is 16.8 Å². The van der Waals surface area contributed by atoms with Crippen LogP contribution in [0.2, 0.25) is 0 Å². The van der Waals surface area contributed by atoms with Crippen LogP contribution in [0.25, 0.3) is 0 Å².